The van der Waals surface area contributed by atoms with Crippen LogP contribution in [0.4, 0.5) is 14.4 Å². The van der Waals surface area contributed by atoms with Crippen LogP contribution in [0.3, 0.4) is 0 Å². The van der Waals surface area contributed by atoms with E-state index < -0.39 is 42.0 Å². The Morgan fingerprint density at radius 3 is 1.79 bits per heavy atom. The number of carbonyl (C=O) groups excluding carboxylic acids is 3. The van der Waals surface area contributed by atoms with E-state index in [1.54, 1.807) is 6.92 Å². The third kappa shape index (κ3) is 13.0. The normalized spacial score (nSPS) is 13.7. The fourth-order valence-corrected chi connectivity index (χ4v) is 3.86. The van der Waals surface area contributed by atoms with E-state index >= 15 is 0 Å². The van der Waals surface area contributed by atoms with Crippen LogP contribution in [-0.4, -0.2) is 61.0 Å². The van der Waals surface area contributed by atoms with Gasteiger partial charge in [-0.25, -0.2) is 14.4 Å². The molecule has 3 atom stereocenters. The van der Waals surface area contributed by atoms with Crippen molar-refractivity contribution in [2.24, 2.45) is 11.7 Å². The number of hydrogen-bond acceptors (Lipinski definition) is 11. The van der Waals surface area contributed by atoms with Crippen LogP contribution in [0.5, 0.6) is 11.5 Å². The lowest BCUT2D eigenvalue weighted by Crippen LogP contribution is -2.58. The Morgan fingerprint density at radius 2 is 1.26 bits per heavy atom. The van der Waals surface area contributed by atoms with Gasteiger partial charge < -0.3 is 39.3 Å². The van der Waals surface area contributed by atoms with E-state index in [0.717, 1.165) is 32.1 Å². The summed E-state index contributed by atoms with van der Waals surface area (Å²) >= 11 is 0. The van der Waals surface area contributed by atoms with Crippen molar-refractivity contribution >= 4 is 24.4 Å². The van der Waals surface area contributed by atoms with Gasteiger partial charge in [0.1, 0.15) is 11.6 Å². The Kier molecular flexibility index (Phi) is 17.0. The zero-order chi connectivity index (χ0) is 31.5. The SMILES string of the molecule is CCCCCOC(=O)Oc1ccc(C[C@](N)(C(=O)O)[C@H](C)[C@H](C)OC(=O)OCCCC)cc1OC(=O)OCCCCC. The first-order valence-electron chi connectivity index (χ1n) is 14.7. The first-order valence-corrected chi connectivity index (χ1v) is 14.7. The number of carboxylic acid groups (broad SMARTS) is 1. The molecule has 12 heteroatoms. The molecule has 0 aliphatic rings. The molecule has 1 aromatic rings. The quantitative estimate of drug-likeness (QED) is 0.0779. The second-order valence-corrected chi connectivity index (χ2v) is 10.2. The number of unbranched alkanes of at least 4 members (excludes halogenated alkanes) is 5. The number of benzene rings is 1. The van der Waals surface area contributed by atoms with Gasteiger partial charge in [0, 0.05) is 12.3 Å². The molecule has 0 fully saturated rings. The van der Waals surface area contributed by atoms with Crippen molar-refractivity contribution < 1.29 is 52.7 Å². The lowest BCUT2D eigenvalue weighted by molar-refractivity contribution is -0.147. The number of carboxylic acids is 1. The second kappa shape index (κ2) is 19.6. The molecule has 12 nitrogen and oxygen atoms in total. The molecule has 42 heavy (non-hydrogen) atoms. The Balaban J connectivity index is 3.14. The lowest BCUT2D eigenvalue weighted by atomic mass is 9.78. The highest BCUT2D eigenvalue weighted by Gasteiger charge is 2.44. The fraction of sp³-hybridized carbons (Fsp3) is 0.667. The standard InChI is InChI=1S/C30H47NO11/c1-6-9-12-17-38-28(35)41-24-15-14-23(19-25(24)42-29(36)39-18-13-10-7-2)20-30(31,26(32)33)21(4)22(5)40-27(34)37-16-11-8-3/h14-15,19,21-22H,6-13,16-18,20,31H2,1-5H3,(H,32,33)/t21-,22+,30-/m1/s1. The summed E-state index contributed by atoms with van der Waals surface area (Å²) in [5.74, 6) is -2.50. The van der Waals surface area contributed by atoms with Crippen molar-refractivity contribution in [3.05, 3.63) is 23.8 Å². The van der Waals surface area contributed by atoms with E-state index in [1.807, 2.05) is 20.8 Å². The van der Waals surface area contributed by atoms with E-state index in [2.05, 4.69) is 0 Å². The van der Waals surface area contributed by atoms with Crippen molar-refractivity contribution in [3.63, 3.8) is 0 Å². The minimum atomic E-state index is -1.90. The first-order chi connectivity index (χ1) is 20.0. The van der Waals surface area contributed by atoms with Crippen molar-refractivity contribution in [2.75, 3.05) is 19.8 Å². The third-order valence-electron chi connectivity index (χ3n) is 6.74. The zero-order valence-corrected chi connectivity index (χ0v) is 25.5. The molecular weight excluding hydrogens is 550 g/mol. The highest BCUT2D eigenvalue weighted by molar-refractivity contribution is 5.80. The topological polar surface area (TPSA) is 170 Å². The maximum atomic E-state index is 12.4. The second-order valence-electron chi connectivity index (χ2n) is 10.2. The van der Waals surface area contributed by atoms with E-state index in [-0.39, 0.29) is 37.7 Å². The number of nitrogens with two attached hydrogens (primary N) is 1. The summed E-state index contributed by atoms with van der Waals surface area (Å²) in [5.41, 5.74) is 4.84. The van der Waals surface area contributed by atoms with Gasteiger partial charge in [0.25, 0.3) is 0 Å². The zero-order valence-electron chi connectivity index (χ0n) is 25.5. The van der Waals surface area contributed by atoms with Crippen LogP contribution in [-0.2, 0) is 30.2 Å². The molecule has 0 saturated carbocycles. The van der Waals surface area contributed by atoms with Crippen LogP contribution in [0.15, 0.2) is 18.2 Å². The van der Waals surface area contributed by atoms with Crippen LogP contribution >= 0.6 is 0 Å². The van der Waals surface area contributed by atoms with Gasteiger partial charge in [0.05, 0.1) is 19.8 Å². The molecule has 0 radical (unpaired) electrons. The molecular formula is C30H47NO11. The molecule has 0 saturated heterocycles. The molecule has 0 heterocycles. The number of ether oxygens (including phenoxy) is 6. The van der Waals surface area contributed by atoms with Crippen LogP contribution < -0.4 is 15.2 Å². The van der Waals surface area contributed by atoms with E-state index in [4.69, 9.17) is 34.2 Å². The summed E-state index contributed by atoms with van der Waals surface area (Å²) in [7, 11) is 0. The molecule has 1 aromatic carbocycles. The maximum absolute atomic E-state index is 12.4. The molecule has 0 spiro atoms. The molecule has 0 amide bonds. The van der Waals surface area contributed by atoms with E-state index in [0.29, 0.717) is 24.8 Å². The summed E-state index contributed by atoms with van der Waals surface area (Å²) in [4.78, 5) is 49.0. The van der Waals surface area contributed by atoms with Crippen molar-refractivity contribution in [1.82, 2.24) is 0 Å². The van der Waals surface area contributed by atoms with Crippen LogP contribution in [0.25, 0.3) is 0 Å². The fourth-order valence-electron chi connectivity index (χ4n) is 3.86. The number of carbonyl (C=O) groups is 4. The average Bonchev–Trinajstić information content (AvgIpc) is 2.94. The Bertz CT molecular complexity index is 999. The largest absolute Gasteiger partial charge is 0.513 e. The van der Waals surface area contributed by atoms with Gasteiger partial charge in [-0.15, -0.1) is 0 Å². The minimum absolute atomic E-state index is 0.123. The molecule has 0 bridgehead atoms. The lowest BCUT2D eigenvalue weighted by Gasteiger charge is -2.34. The summed E-state index contributed by atoms with van der Waals surface area (Å²) < 4.78 is 31.1. The predicted molar refractivity (Wildman–Crippen MR) is 154 cm³/mol. The molecule has 0 unspecified atom stereocenters. The highest BCUT2D eigenvalue weighted by atomic mass is 16.7. The number of rotatable bonds is 19. The summed E-state index contributed by atoms with van der Waals surface area (Å²) in [5, 5.41) is 10.1. The van der Waals surface area contributed by atoms with Gasteiger partial charge in [0.2, 0.25) is 0 Å². The molecule has 238 valence electrons. The molecule has 0 aliphatic heterocycles. The van der Waals surface area contributed by atoms with Gasteiger partial charge in [-0.2, -0.15) is 0 Å². The third-order valence-corrected chi connectivity index (χ3v) is 6.74. The van der Waals surface area contributed by atoms with Gasteiger partial charge in [0.15, 0.2) is 11.5 Å². The summed E-state index contributed by atoms with van der Waals surface area (Å²) in [6.07, 6.45) is 2.39. The molecule has 0 aliphatic carbocycles. The monoisotopic (exact) mass is 597 g/mol. The van der Waals surface area contributed by atoms with Crippen LogP contribution in [0.1, 0.15) is 91.5 Å². The van der Waals surface area contributed by atoms with E-state index in [9.17, 15) is 24.3 Å². The van der Waals surface area contributed by atoms with Crippen molar-refractivity contribution in [1.29, 1.82) is 0 Å². The van der Waals surface area contributed by atoms with Gasteiger partial charge >= 0.3 is 24.4 Å². The molecule has 0 aromatic heterocycles. The molecule has 1 rings (SSSR count). The summed E-state index contributed by atoms with van der Waals surface area (Å²) in [6.45, 7) is 9.55. The number of aliphatic carboxylic acids is 1. The maximum Gasteiger partial charge on any atom is 0.513 e. The van der Waals surface area contributed by atoms with Crippen molar-refractivity contribution in [3.8, 4) is 11.5 Å². The Labute approximate surface area is 248 Å². The van der Waals surface area contributed by atoms with Crippen molar-refractivity contribution in [2.45, 2.75) is 104 Å². The van der Waals surface area contributed by atoms with Crippen LogP contribution in [0, 0.1) is 5.92 Å². The average molecular weight is 598 g/mol. The van der Waals surface area contributed by atoms with Gasteiger partial charge in [-0.1, -0.05) is 65.9 Å². The first kappa shape index (κ1) is 36.5. The van der Waals surface area contributed by atoms with Gasteiger partial charge in [-0.3, -0.25) is 4.79 Å². The van der Waals surface area contributed by atoms with Gasteiger partial charge in [-0.05, 0) is 43.9 Å². The highest BCUT2D eigenvalue weighted by Crippen LogP contribution is 2.33. The van der Waals surface area contributed by atoms with E-state index in [1.165, 1.54) is 25.1 Å². The Hall–Kier alpha value is -3.54. The smallest absolute Gasteiger partial charge is 0.480 e. The van der Waals surface area contributed by atoms with Crippen LogP contribution in [0.2, 0.25) is 0 Å². The minimum Gasteiger partial charge on any atom is -0.480 e. The Morgan fingerprint density at radius 1 is 0.762 bits per heavy atom. The predicted octanol–water partition coefficient (Wildman–Crippen LogP) is 6.40. The summed E-state index contributed by atoms with van der Waals surface area (Å²) in [6, 6.07) is 4.18. The number of hydrogen-bond donors (Lipinski definition) is 2. The molecule has 3 N–H and O–H groups in total.